The summed E-state index contributed by atoms with van der Waals surface area (Å²) in [5.41, 5.74) is 0.486. The second kappa shape index (κ2) is 7.02. The number of urea groups is 1. The number of nitrogens with zero attached hydrogens (tertiary/aromatic N) is 1. The third-order valence-corrected chi connectivity index (χ3v) is 3.92. The molecule has 0 aromatic heterocycles. The average molecular weight is 314 g/mol. The molecule has 2 N–H and O–H groups in total. The summed E-state index contributed by atoms with van der Waals surface area (Å²) in [5.74, 6) is -1.86. The zero-order valence-corrected chi connectivity index (χ0v) is 12.6. The monoisotopic (exact) mass is 314 g/mol. The van der Waals surface area contributed by atoms with E-state index in [0.717, 1.165) is 12.1 Å². The van der Waals surface area contributed by atoms with Crippen molar-refractivity contribution in [3.8, 4) is 0 Å². The minimum atomic E-state index is -0.941. The summed E-state index contributed by atoms with van der Waals surface area (Å²) < 4.78 is 31.9. The van der Waals surface area contributed by atoms with Crippen molar-refractivity contribution in [1.29, 1.82) is 0 Å². The summed E-state index contributed by atoms with van der Waals surface area (Å²) in [6, 6.07) is 2.60. The van der Waals surface area contributed by atoms with Crippen LogP contribution in [0.3, 0.4) is 0 Å². The number of halogens is 2. The first-order valence-electron chi connectivity index (χ1n) is 7.14. The number of aliphatic hydroxyl groups excluding tert-OH is 1. The molecule has 2 amide bonds. The van der Waals surface area contributed by atoms with Crippen molar-refractivity contribution in [3.63, 3.8) is 0 Å². The predicted octanol–water partition coefficient (Wildman–Crippen LogP) is 1.82. The topological polar surface area (TPSA) is 61.8 Å². The number of rotatable bonds is 4. The van der Waals surface area contributed by atoms with Gasteiger partial charge in [0.15, 0.2) is 11.6 Å². The van der Waals surface area contributed by atoms with Gasteiger partial charge in [-0.2, -0.15) is 0 Å². The van der Waals surface area contributed by atoms with Gasteiger partial charge in [0, 0.05) is 13.7 Å². The second-order valence-electron chi connectivity index (χ2n) is 5.45. The Morgan fingerprint density at radius 1 is 1.50 bits per heavy atom. The molecule has 0 saturated carbocycles. The second-order valence-corrected chi connectivity index (χ2v) is 5.45. The number of carbonyl (C=O) groups excluding carboxylic acids is 1. The molecule has 1 saturated heterocycles. The lowest BCUT2D eigenvalue weighted by Gasteiger charge is -2.27. The molecule has 1 aromatic carbocycles. The molecule has 0 spiro atoms. The van der Waals surface area contributed by atoms with Crippen molar-refractivity contribution in [2.75, 3.05) is 20.3 Å². The van der Waals surface area contributed by atoms with E-state index in [0.29, 0.717) is 18.6 Å². The quantitative estimate of drug-likeness (QED) is 0.891. The summed E-state index contributed by atoms with van der Waals surface area (Å²) in [6.45, 7) is 2.00. The van der Waals surface area contributed by atoms with Crippen LogP contribution in [0.1, 0.15) is 25.0 Å². The minimum Gasteiger partial charge on any atom is -0.394 e. The van der Waals surface area contributed by atoms with Crippen molar-refractivity contribution < 1.29 is 23.4 Å². The maximum Gasteiger partial charge on any atom is 0.317 e. The van der Waals surface area contributed by atoms with Crippen LogP contribution in [0.15, 0.2) is 18.2 Å². The minimum absolute atomic E-state index is 0.141. The Balaban J connectivity index is 2.07. The lowest BCUT2D eigenvalue weighted by atomic mass is 10.0. The van der Waals surface area contributed by atoms with E-state index in [1.807, 2.05) is 0 Å². The maximum absolute atomic E-state index is 13.3. The van der Waals surface area contributed by atoms with E-state index in [4.69, 9.17) is 9.84 Å². The van der Waals surface area contributed by atoms with Crippen molar-refractivity contribution in [1.82, 2.24) is 10.2 Å². The Labute approximate surface area is 127 Å². The van der Waals surface area contributed by atoms with Gasteiger partial charge in [0.2, 0.25) is 0 Å². The Morgan fingerprint density at radius 2 is 2.23 bits per heavy atom. The first-order valence-corrected chi connectivity index (χ1v) is 7.14. The maximum atomic E-state index is 13.3. The number of aliphatic hydroxyl groups is 1. The van der Waals surface area contributed by atoms with E-state index < -0.39 is 17.7 Å². The largest absolute Gasteiger partial charge is 0.394 e. The average Bonchev–Trinajstić information content (AvgIpc) is 2.96. The van der Waals surface area contributed by atoms with Crippen molar-refractivity contribution in [2.24, 2.45) is 0 Å². The standard InChI is InChI=1S/C15H20F2N2O3/c1-9(8-20)19(2)15(21)18-13-5-6-22-14(13)10-3-4-11(16)12(17)7-10/h3-4,7,9,13-14,20H,5-6,8H2,1-2H3,(H,18,21). The van der Waals surface area contributed by atoms with Gasteiger partial charge in [-0.15, -0.1) is 0 Å². The molecule has 1 aromatic rings. The molecule has 0 radical (unpaired) electrons. The molecule has 1 aliphatic rings. The Morgan fingerprint density at radius 3 is 2.86 bits per heavy atom. The van der Waals surface area contributed by atoms with Gasteiger partial charge in [0.25, 0.3) is 0 Å². The van der Waals surface area contributed by atoms with E-state index in [9.17, 15) is 13.6 Å². The van der Waals surface area contributed by atoms with Crippen LogP contribution < -0.4 is 5.32 Å². The number of likely N-dealkylation sites (N-methyl/N-ethyl adjacent to an activating group) is 1. The zero-order chi connectivity index (χ0) is 16.3. The molecule has 5 nitrogen and oxygen atoms in total. The zero-order valence-electron chi connectivity index (χ0n) is 12.6. The van der Waals surface area contributed by atoms with E-state index >= 15 is 0 Å². The fourth-order valence-corrected chi connectivity index (χ4v) is 2.34. The fourth-order valence-electron chi connectivity index (χ4n) is 2.34. The van der Waals surface area contributed by atoms with Gasteiger partial charge in [-0.1, -0.05) is 6.07 Å². The van der Waals surface area contributed by atoms with Gasteiger partial charge < -0.3 is 20.1 Å². The van der Waals surface area contributed by atoms with Crippen LogP contribution in [0.4, 0.5) is 13.6 Å². The number of benzene rings is 1. The van der Waals surface area contributed by atoms with Gasteiger partial charge in [-0.25, -0.2) is 13.6 Å². The van der Waals surface area contributed by atoms with Crippen molar-refractivity contribution in [3.05, 3.63) is 35.4 Å². The molecular weight excluding hydrogens is 294 g/mol. The number of hydrogen-bond donors (Lipinski definition) is 2. The molecule has 1 heterocycles. The van der Waals surface area contributed by atoms with Gasteiger partial charge in [0.05, 0.1) is 18.7 Å². The molecule has 3 atom stereocenters. The lowest BCUT2D eigenvalue weighted by Crippen LogP contribution is -2.48. The van der Waals surface area contributed by atoms with Crippen LogP contribution in [0.2, 0.25) is 0 Å². The fraction of sp³-hybridized carbons (Fsp3) is 0.533. The molecule has 0 aliphatic carbocycles. The molecule has 0 bridgehead atoms. The van der Waals surface area contributed by atoms with E-state index in [1.165, 1.54) is 11.0 Å². The summed E-state index contributed by atoms with van der Waals surface area (Å²) in [6.07, 6.45) is 0.0633. The van der Waals surface area contributed by atoms with Crippen molar-refractivity contribution >= 4 is 6.03 Å². The van der Waals surface area contributed by atoms with E-state index in [1.54, 1.807) is 14.0 Å². The van der Waals surface area contributed by atoms with Gasteiger partial charge >= 0.3 is 6.03 Å². The van der Waals surface area contributed by atoms with Crippen LogP contribution in [0, 0.1) is 11.6 Å². The summed E-state index contributed by atoms with van der Waals surface area (Å²) >= 11 is 0. The van der Waals surface area contributed by atoms with Gasteiger partial charge in [-0.05, 0) is 31.0 Å². The molecule has 1 fully saturated rings. The van der Waals surface area contributed by atoms with Crippen LogP contribution in [0.25, 0.3) is 0 Å². The number of amides is 2. The van der Waals surface area contributed by atoms with E-state index in [2.05, 4.69) is 5.32 Å². The highest BCUT2D eigenvalue weighted by molar-refractivity contribution is 5.74. The number of carbonyl (C=O) groups is 1. The van der Waals surface area contributed by atoms with Crippen molar-refractivity contribution in [2.45, 2.75) is 31.5 Å². The summed E-state index contributed by atoms with van der Waals surface area (Å²) in [4.78, 5) is 13.5. The Bertz CT molecular complexity index is 542. The van der Waals surface area contributed by atoms with Gasteiger partial charge in [0.1, 0.15) is 6.10 Å². The number of hydrogen-bond acceptors (Lipinski definition) is 3. The molecule has 7 heteroatoms. The van der Waals surface area contributed by atoms with Crippen LogP contribution >= 0.6 is 0 Å². The predicted molar refractivity (Wildman–Crippen MR) is 76.3 cm³/mol. The molecular formula is C15H20F2N2O3. The normalized spacial score (nSPS) is 22.4. The first kappa shape index (κ1) is 16.6. The molecule has 2 rings (SSSR count). The van der Waals surface area contributed by atoms with E-state index in [-0.39, 0.29) is 24.7 Å². The number of nitrogens with one attached hydrogen (secondary N) is 1. The third-order valence-electron chi connectivity index (χ3n) is 3.92. The van der Waals surface area contributed by atoms with Gasteiger partial charge in [-0.3, -0.25) is 0 Å². The van der Waals surface area contributed by atoms with Crippen LogP contribution in [0.5, 0.6) is 0 Å². The highest BCUT2D eigenvalue weighted by atomic mass is 19.2. The highest BCUT2D eigenvalue weighted by Gasteiger charge is 2.32. The Kier molecular flexibility index (Phi) is 5.31. The SMILES string of the molecule is CC(CO)N(C)C(=O)NC1CCOC1c1ccc(F)c(F)c1. The molecule has 122 valence electrons. The summed E-state index contributed by atoms with van der Waals surface area (Å²) in [5, 5.41) is 11.9. The molecule has 22 heavy (non-hydrogen) atoms. The van der Waals surface area contributed by atoms with Crippen LogP contribution in [-0.2, 0) is 4.74 Å². The smallest absolute Gasteiger partial charge is 0.317 e. The third kappa shape index (κ3) is 3.53. The lowest BCUT2D eigenvalue weighted by molar-refractivity contribution is 0.0963. The molecule has 1 aliphatic heterocycles. The Hall–Kier alpha value is -1.73. The number of ether oxygens (including phenoxy) is 1. The first-order chi connectivity index (χ1) is 10.4. The summed E-state index contributed by atoms with van der Waals surface area (Å²) in [7, 11) is 1.58. The highest BCUT2D eigenvalue weighted by Crippen LogP contribution is 2.30. The molecule has 3 unspecified atom stereocenters. The van der Waals surface area contributed by atoms with Crippen LogP contribution in [-0.4, -0.2) is 48.4 Å².